The molecule has 1 heterocycles. The van der Waals surface area contributed by atoms with Crippen LogP contribution in [0.3, 0.4) is 0 Å². The van der Waals surface area contributed by atoms with Gasteiger partial charge < -0.3 is 10.4 Å². The lowest BCUT2D eigenvalue weighted by Gasteiger charge is -2.13. The van der Waals surface area contributed by atoms with E-state index in [1.54, 1.807) is 6.20 Å². The first kappa shape index (κ1) is 13.1. The maximum Gasteiger partial charge on any atom is 0.0648 e. The molecule has 0 aliphatic heterocycles. The highest BCUT2D eigenvalue weighted by Gasteiger charge is 2.17. The molecule has 0 amide bonds. The van der Waals surface area contributed by atoms with Crippen molar-refractivity contribution in [3.05, 3.63) is 60.4 Å². The summed E-state index contributed by atoms with van der Waals surface area (Å²) in [5.74, 6) is 0.308. The molecule has 0 saturated carbocycles. The van der Waals surface area contributed by atoms with Crippen molar-refractivity contribution >= 4 is 0 Å². The Hall–Kier alpha value is -1.91. The van der Waals surface area contributed by atoms with Crippen LogP contribution in [0, 0.1) is 5.92 Å². The fourth-order valence-electron chi connectivity index (χ4n) is 2.54. The van der Waals surface area contributed by atoms with Crippen LogP contribution in [0.4, 0.5) is 0 Å². The number of hydrogen-bond acceptors (Lipinski definition) is 3. The van der Waals surface area contributed by atoms with Crippen molar-refractivity contribution in [3.63, 3.8) is 0 Å². The van der Waals surface area contributed by atoms with E-state index in [4.69, 9.17) is 5.11 Å². The third-order valence-electron chi connectivity index (χ3n) is 3.65. The molecule has 1 aliphatic carbocycles. The number of hydrogen-bond donors (Lipinski definition) is 2. The maximum absolute atomic E-state index is 9.12. The monoisotopic (exact) mass is 269 g/mol. The lowest BCUT2D eigenvalue weighted by molar-refractivity contribution is 0.246. The highest BCUT2D eigenvalue weighted by atomic mass is 16.3. The number of aromatic nitrogens is 2. The van der Waals surface area contributed by atoms with E-state index in [0.717, 1.165) is 18.7 Å². The van der Waals surface area contributed by atoms with Gasteiger partial charge in [-0.1, -0.05) is 24.3 Å². The topological polar surface area (TPSA) is 50.1 Å². The van der Waals surface area contributed by atoms with Crippen molar-refractivity contribution in [2.45, 2.75) is 19.0 Å². The van der Waals surface area contributed by atoms with E-state index < -0.39 is 0 Å². The highest BCUT2D eigenvalue weighted by molar-refractivity contribution is 5.35. The SMILES string of the molecule is OC[C@H]1C=C[C@@H](NCc2cccc(-n3cccn3)c2)C1. The molecular formula is C16H19N3O. The minimum absolute atomic E-state index is 0.240. The summed E-state index contributed by atoms with van der Waals surface area (Å²) in [6, 6.07) is 10.6. The van der Waals surface area contributed by atoms with E-state index >= 15 is 0 Å². The summed E-state index contributed by atoms with van der Waals surface area (Å²) in [5, 5.41) is 16.9. The molecule has 1 aliphatic rings. The van der Waals surface area contributed by atoms with Crippen molar-refractivity contribution in [2.24, 2.45) is 5.92 Å². The number of rotatable bonds is 5. The van der Waals surface area contributed by atoms with Crippen molar-refractivity contribution in [2.75, 3.05) is 6.61 Å². The molecule has 0 saturated heterocycles. The summed E-state index contributed by atoms with van der Waals surface area (Å²) >= 11 is 0. The first-order valence-electron chi connectivity index (χ1n) is 6.96. The van der Waals surface area contributed by atoms with Gasteiger partial charge in [0.2, 0.25) is 0 Å². The van der Waals surface area contributed by atoms with Gasteiger partial charge in [0, 0.05) is 37.5 Å². The van der Waals surface area contributed by atoms with Crippen LogP contribution in [0.2, 0.25) is 0 Å². The fourth-order valence-corrected chi connectivity index (χ4v) is 2.54. The Bertz CT molecular complexity index is 577. The molecule has 3 rings (SSSR count). The summed E-state index contributed by atoms with van der Waals surface area (Å²) in [6.07, 6.45) is 8.95. The molecule has 1 aromatic carbocycles. The first-order valence-corrected chi connectivity index (χ1v) is 6.96. The lowest BCUT2D eigenvalue weighted by Crippen LogP contribution is -2.26. The third kappa shape index (κ3) is 2.98. The Morgan fingerprint density at radius 3 is 3.00 bits per heavy atom. The second-order valence-electron chi connectivity index (χ2n) is 5.17. The largest absolute Gasteiger partial charge is 0.396 e. The van der Waals surface area contributed by atoms with E-state index in [1.807, 2.05) is 23.0 Å². The molecular weight excluding hydrogens is 250 g/mol. The molecule has 2 N–H and O–H groups in total. The minimum Gasteiger partial charge on any atom is -0.396 e. The molecule has 0 unspecified atom stereocenters. The second-order valence-corrected chi connectivity index (χ2v) is 5.17. The number of aliphatic hydroxyl groups is 1. The average Bonchev–Trinajstić information content (AvgIpc) is 3.17. The van der Waals surface area contributed by atoms with E-state index in [1.165, 1.54) is 5.56 Å². The Morgan fingerprint density at radius 2 is 2.25 bits per heavy atom. The minimum atomic E-state index is 0.240. The van der Waals surface area contributed by atoms with Gasteiger partial charge in [-0.05, 0) is 30.2 Å². The van der Waals surface area contributed by atoms with Crippen LogP contribution in [-0.4, -0.2) is 27.5 Å². The predicted molar refractivity (Wildman–Crippen MR) is 78.5 cm³/mol. The molecule has 104 valence electrons. The van der Waals surface area contributed by atoms with Gasteiger partial charge in [-0.15, -0.1) is 0 Å². The van der Waals surface area contributed by atoms with Crippen molar-refractivity contribution in [1.29, 1.82) is 0 Å². The van der Waals surface area contributed by atoms with Gasteiger partial charge in [-0.3, -0.25) is 0 Å². The Kier molecular flexibility index (Phi) is 3.95. The van der Waals surface area contributed by atoms with E-state index in [2.05, 4.69) is 40.8 Å². The molecule has 0 fully saturated rings. The van der Waals surface area contributed by atoms with Gasteiger partial charge in [-0.2, -0.15) is 5.10 Å². The van der Waals surface area contributed by atoms with Crippen LogP contribution in [0.25, 0.3) is 5.69 Å². The summed E-state index contributed by atoms with van der Waals surface area (Å²) in [5.41, 5.74) is 2.31. The molecule has 4 nitrogen and oxygen atoms in total. The summed E-state index contributed by atoms with van der Waals surface area (Å²) in [6.45, 7) is 1.06. The quantitative estimate of drug-likeness (QED) is 0.815. The zero-order chi connectivity index (χ0) is 13.8. The molecule has 0 spiro atoms. The molecule has 2 aromatic rings. The predicted octanol–water partition coefficient (Wildman–Crippen LogP) is 1.90. The van der Waals surface area contributed by atoms with Gasteiger partial charge in [0.25, 0.3) is 0 Å². The van der Waals surface area contributed by atoms with Gasteiger partial charge in [-0.25, -0.2) is 4.68 Å². The van der Waals surface area contributed by atoms with Gasteiger partial charge >= 0.3 is 0 Å². The van der Waals surface area contributed by atoms with Crippen molar-refractivity contribution < 1.29 is 5.11 Å². The van der Waals surface area contributed by atoms with Crippen LogP contribution < -0.4 is 5.32 Å². The standard InChI is InChI=1S/C16H19N3O/c20-12-14-5-6-15(9-14)17-11-13-3-1-4-16(10-13)19-8-2-7-18-19/h1-8,10,14-15,17,20H,9,11-12H2/t14-,15+/m0/s1. The van der Waals surface area contributed by atoms with Crippen LogP contribution in [0.5, 0.6) is 0 Å². The summed E-state index contributed by atoms with van der Waals surface area (Å²) < 4.78 is 1.86. The van der Waals surface area contributed by atoms with Crippen molar-refractivity contribution in [3.8, 4) is 5.69 Å². The zero-order valence-electron chi connectivity index (χ0n) is 11.3. The van der Waals surface area contributed by atoms with E-state index in [-0.39, 0.29) is 6.61 Å². The van der Waals surface area contributed by atoms with Gasteiger partial charge in [0.1, 0.15) is 0 Å². The highest BCUT2D eigenvalue weighted by Crippen LogP contribution is 2.17. The van der Waals surface area contributed by atoms with Gasteiger partial charge in [0.05, 0.1) is 5.69 Å². The average molecular weight is 269 g/mol. The van der Waals surface area contributed by atoms with Crippen molar-refractivity contribution in [1.82, 2.24) is 15.1 Å². The number of nitrogens with zero attached hydrogens (tertiary/aromatic N) is 2. The lowest BCUT2D eigenvalue weighted by atomic mass is 10.1. The molecule has 4 heteroatoms. The van der Waals surface area contributed by atoms with Crippen LogP contribution in [0.15, 0.2) is 54.9 Å². The summed E-state index contributed by atoms with van der Waals surface area (Å²) in [7, 11) is 0. The second kappa shape index (κ2) is 6.03. The molecule has 1 aromatic heterocycles. The molecule has 2 atom stereocenters. The third-order valence-corrected chi connectivity index (χ3v) is 3.65. The molecule has 0 bridgehead atoms. The Balaban J connectivity index is 1.61. The Labute approximate surface area is 118 Å². The zero-order valence-corrected chi connectivity index (χ0v) is 11.3. The van der Waals surface area contributed by atoms with E-state index in [9.17, 15) is 0 Å². The first-order chi connectivity index (χ1) is 9.85. The smallest absolute Gasteiger partial charge is 0.0648 e. The van der Waals surface area contributed by atoms with Gasteiger partial charge in [0.15, 0.2) is 0 Å². The Morgan fingerprint density at radius 1 is 1.30 bits per heavy atom. The van der Waals surface area contributed by atoms with E-state index in [0.29, 0.717) is 12.0 Å². The van der Waals surface area contributed by atoms with Crippen LogP contribution in [-0.2, 0) is 6.54 Å². The van der Waals surface area contributed by atoms with Crippen LogP contribution in [0.1, 0.15) is 12.0 Å². The number of aliphatic hydroxyl groups excluding tert-OH is 1. The fraction of sp³-hybridized carbons (Fsp3) is 0.312. The number of nitrogens with one attached hydrogen (secondary N) is 1. The maximum atomic E-state index is 9.12. The molecule has 0 radical (unpaired) electrons. The normalized spacial score (nSPS) is 21.4. The van der Waals surface area contributed by atoms with Crippen LogP contribution >= 0.6 is 0 Å². The molecule has 20 heavy (non-hydrogen) atoms. The number of benzene rings is 1. The summed E-state index contributed by atoms with van der Waals surface area (Å²) in [4.78, 5) is 0.